The molecule has 0 spiro atoms. The zero-order valence-corrected chi connectivity index (χ0v) is 14.0. The first-order valence-corrected chi connectivity index (χ1v) is 7.79. The largest absolute Gasteiger partial charge is 0.374 e. The molecule has 0 aliphatic carbocycles. The van der Waals surface area contributed by atoms with Gasteiger partial charge < -0.3 is 20.9 Å². The molecule has 2 amide bonds. The standard InChI is InChI=1S/C16H20FN5O3/c1-9(2)15-21-14(25-22-15)8-20-12-7-10(3-4-11(12)17)16(24)19-6-5-13(18)23/h3-4,7,9,20H,5-6,8H2,1-2H3,(H2,18,23)(H,19,24). The number of nitrogens with one attached hydrogen (secondary N) is 2. The van der Waals surface area contributed by atoms with Gasteiger partial charge in [0.15, 0.2) is 5.82 Å². The van der Waals surface area contributed by atoms with Crippen molar-refractivity contribution in [1.29, 1.82) is 0 Å². The van der Waals surface area contributed by atoms with Crippen molar-refractivity contribution in [3.8, 4) is 0 Å². The van der Waals surface area contributed by atoms with E-state index in [0.29, 0.717) is 11.7 Å². The van der Waals surface area contributed by atoms with Gasteiger partial charge in [-0.1, -0.05) is 19.0 Å². The SMILES string of the molecule is CC(C)c1noc(CNc2cc(C(=O)NCCC(N)=O)ccc2F)n1. The molecule has 0 saturated heterocycles. The van der Waals surface area contributed by atoms with E-state index in [2.05, 4.69) is 20.8 Å². The maximum absolute atomic E-state index is 13.9. The summed E-state index contributed by atoms with van der Waals surface area (Å²) in [6.07, 6.45) is 0.0351. The summed E-state index contributed by atoms with van der Waals surface area (Å²) in [5.41, 5.74) is 5.39. The van der Waals surface area contributed by atoms with Crippen LogP contribution in [-0.4, -0.2) is 28.5 Å². The number of rotatable bonds is 8. The summed E-state index contributed by atoms with van der Waals surface area (Å²) in [7, 11) is 0. The minimum atomic E-state index is -0.516. The molecule has 9 heteroatoms. The van der Waals surface area contributed by atoms with Crippen LogP contribution in [0, 0.1) is 5.82 Å². The first-order valence-electron chi connectivity index (χ1n) is 7.79. The molecule has 0 aliphatic heterocycles. The van der Waals surface area contributed by atoms with Crippen LogP contribution in [-0.2, 0) is 11.3 Å². The lowest BCUT2D eigenvalue weighted by atomic mass is 10.1. The number of hydrogen-bond donors (Lipinski definition) is 3. The van der Waals surface area contributed by atoms with Crippen LogP contribution in [0.1, 0.15) is 48.3 Å². The van der Waals surface area contributed by atoms with Gasteiger partial charge in [-0.3, -0.25) is 9.59 Å². The fourth-order valence-electron chi connectivity index (χ4n) is 1.95. The number of nitrogens with zero attached hydrogens (tertiary/aromatic N) is 2. The number of primary amides is 1. The lowest BCUT2D eigenvalue weighted by Gasteiger charge is -2.08. The molecule has 0 atom stereocenters. The number of halogens is 1. The van der Waals surface area contributed by atoms with Gasteiger partial charge in [0.25, 0.3) is 5.91 Å². The van der Waals surface area contributed by atoms with Crippen LogP contribution in [0.3, 0.4) is 0 Å². The summed E-state index contributed by atoms with van der Waals surface area (Å²) in [5.74, 6) is -0.440. The van der Waals surface area contributed by atoms with Crippen molar-refractivity contribution in [2.24, 2.45) is 5.73 Å². The van der Waals surface area contributed by atoms with Gasteiger partial charge in [-0.25, -0.2) is 4.39 Å². The Bertz CT molecular complexity index is 760. The lowest BCUT2D eigenvalue weighted by molar-refractivity contribution is -0.117. The van der Waals surface area contributed by atoms with E-state index in [9.17, 15) is 14.0 Å². The first kappa shape index (κ1) is 18.4. The van der Waals surface area contributed by atoms with E-state index in [0.717, 1.165) is 0 Å². The Labute approximate surface area is 144 Å². The predicted octanol–water partition coefficient (Wildman–Crippen LogP) is 1.55. The van der Waals surface area contributed by atoms with Crippen LogP contribution >= 0.6 is 0 Å². The van der Waals surface area contributed by atoms with Crippen molar-refractivity contribution < 1.29 is 18.5 Å². The van der Waals surface area contributed by atoms with Crippen LogP contribution < -0.4 is 16.4 Å². The van der Waals surface area contributed by atoms with E-state index < -0.39 is 17.6 Å². The number of carbonyl (C=O) groups excluding carboxylic acids is 2. The molecule has 0 bridgehead atoms. The summed E-state index contributed by atoms with van der Waals surface area (Å²) in [6, 6.07) is 3.90. The van der Waals surface area contributed by atoms with Crippen molar-refractivity contribution in [1.82, 2.24) is 15.5 Å². The number of benzene rings is 1. The second kappa shape index (κ2) is 8.22. The molecule has 1 aromatic carbocycles. The molecule has 4 N–H and O–H groups in total. The number of aromatic nitrogens is 2. The maximum atomic E-state index is 13.9. The van der Waals surface area contributed by atoms with Gasteiger partial charge in [0.2, 0.25) is 11.8 Å². The van der Waals surface area contributed by atoms with Gasteiger partial charge in [0, 0.05) is 24.4 Å². The molecule has 0 saturated carbocycles. The molecule has 134 valence electrons. The average Bonchev–Trinajstić information content (AvgIpc) is 3.03. The molecule has 8 nitrogen and oxygen atoms in total. The molecule has 1 aromatic heterocycles. The monoisotopic (exact) mass is 349 g/mol. The van der Waals surface area contributed by atoms with Gasteiger partial charge >= 0.3 is 0 Å². The molecule has 25 heavy (non-hydrogen) atoms. The molecule has 1 heterocycles. The van der Waals surface area contributed by atoms with E-state index in [1.54, 1.807) is 0 Å². The Morgan fingerprint density at radius 1 is 1.36 bits per heavy atom. The van der Waals surface area contributed by atoms with Crippen LogP contribution in [0.2, 0.25) is 0 Å². The van der Waals surface area contributed by atoms with Crippen LogP contribution in [0.15, 0.2) is 22.7 Å². The van der Waals surface area contributed by atoms with Gasteiger partial charge in [0.05, 0.1) is 12.2 Å². The highest BCUT2D eigenvalue weighted by Crippen LogP contribution is 2.18. The summed E-state index contributed by atoms with van der Waals surface area (Å²) in [4.78, 5) is 26.8. The summed E-state index contributed by atoms with van der Waals surface area (Å²) >= 11 is 0. The minimum absolute atomic E-state index is 0.0351. The quantitative estimate of drug-likeness (QED) is 0.664. The van der Waals surface area contributed by atoms with Crippen molar-refractivity contribution >= 4 is 17.5 Å². The van der Waals surface area contributed by atoms with Crippen molar-refractivity contribution in [3.63, 3.8) is 0 Å². The highest BCUT2D eigenvalue weighted by molar-refractivity contribution is 5.95. The smallest absolute Gasteiger partial charge is 0.251 e. The topological polar surface area (TPSA) is 123 Å². The number of amides is 2. The second-order valence-electron chi connectivity index (χ2n) is 5.72. The van der Waals surface area contributed by atoms with E-state index in [1.165, 1.54) is 18.2 Å². The zero-order chi connectivity index (χ0) is 18.4. The number of anilines is 1. The Kier molecular flexibility index (Phi) is 6.04. The number of nitrogens with two attached hydrogens (primary N) is 1. The van der Waals surface area contributed by atoms with Crippen LogP contribution in [0.25, 0.3) is 0 Å². The molecule has 0 radical (unpaired) electrons. The fourth-order valence-corrected chi connectivity index (χ4v) is 1.95. The van der Waals surface area contributed by atoms with Gasteiger partial charge in [0.1, 0.15) is 5.82 Å². The van der Waals surface area contributed by atoms with Crippen molar-refractivity contribution in [3.05, 3.63) is 41.3 Å². The molecular formula is C16H20FN5O3. The molecule has 0 fully saturated rings. The highest BCUT2D eigenvalue weighted by Gasteiger charge is 2.12. The first-order chi connectivity index (χ1) is 11.9. The molecule has 2 rings (SSSR count). The van der Waals surface area contributed by atoms with E-state index >= 15 is 0 Å². The minimum Gasteiger partial charge on any atom is -0.374 e. The third-order valence-electron chi connectivity index (χ3n) is 3.32. The third kappa shape index (κ3) is 5.27. The maximum Gasteiger partial charge on any atom is 0.251 e. The summed E-state index contributed by atoms with van der Waals surface area (Å²) in [5, 5.41) is 9.18. The summed E-state index contributed by atoms with van der Waals surface area (Å²) < 4.78 is 19.0. The van der Waals surface area contributed by atoms with Crippen molar-refractivity contribution in [2.45, 2.75) is 32.7 Å². The molecule has 2 aromatic rings. The van der Waals surface area contributed by atoms with Crippen LogP contribution in [0.5, 0.6) is 0 Å². The zero-order valence-electron chi connectivity index (χ0n) is 14.0. The number of carbonyl (C=O) groups is 2. The third-order valence-corrected chi connectivity index (χ3v) is 3.32. The lowest BCUT2D eigenvalue weighted by Crippen LogP contribution is -2.27. The van der Waals surface area contributed by atoms with Gasteiger partial charge in [-0.05, 0) is 18.2 Å². The van der Waals surface area contributed by atoms with E-state index in [4.69, 9.17) is 10.3 Å². The van der Waals surface area contributed by atoms with Crippen LogP contribution in [0.4, 0.5) is 10.1 Å². The van der Waals surface area contributed by atoms with Crippen molar-refractivity contribution in [2.75, 3.05) is 11.9 Å². The highest BCUT2D eigenvalue weighted by atomic mass is 19.1. The average molecular weight is 349 g/mol. The molecule has 0 aliphatic rings. The Balaban J connectivity index is 2.00. The van der Waals surface area contributed by atoms with E-state index in [1.807, 2.05) is 13.8 Å². The Morgan fingerprint density at radius 3 is 2.76 bits per heavy atom. The predicted molar refractivity (Wildman–Crippen MR) is 88.3 cm³/mol. The fraction of sp³-hybridized carbons (Fsp3) is 0.375. The Morgan fingerprint density at radius 2 is 2.12 bits per heavy atom. The van der Waals surface area contributed by atoms with E-state index in [-0.39, 0.29) is 36.7 Å². The summed E-state index contributed by atoms with van der Waals surface area (Å²) in [6.45, 7) is 4.11. The molecule has 0 unspecified atom stereocenters. The van der Waals surface area contributed by atoms with Gasteiger partial charge in [-0.15, -0.1) is 0 Å². The number of hydrogen-bond acceptors (Lipinski definition) is 6. The second-order valence-corrected chi connectivity index (χ2v) is 5.72. The molecular weight excluding hydrogens is 329 g/mol. The normalized spacial score (nSPS) is 10.7. The Hall–Kier alpha value is -2.97. The van der Waals surface area contributed by atoms with Gasteiger partial charge in [-0.2, -0.15) is 4.98 Å².